The van der Waals surface area contributed by atoms with Crippen molar-refractivity contribution in [2.75, 3.05) is 0 Å². The van der Waals surface area contributed by atoms with Crippen molar-refractivity contribution in [1.29, 1.82) is 0 Å². The summed E-state index contributed by atoms with van der Waals surface area (Å²) in [4.78, 5) is 0. The zero-order valence-electron chi connectivity index (χ0n) is 16.8. The molecule has 0 N–H and O–H groups in total. The van der Waals surface area contributed by atoms with Gasteiger partial charge in [-0.25, -0.2) is 33.7 Å². The maximum Gasteiger partial charge on any atom is 0.513 e. The van der Waals surface area contributed by atoms with E-state index in [1.807, 2.05) is 0 Å². The standard InChI is InChI=1S/C8H9F12N2O8PS4Si/c1-36(2,3)4-31(21(32(23,24)5(9,10)11)33(25,26)6(12,13)14)22(34(27,28)7(15,16)17)35(29,30)8(18,19)20/h1-3H3. The van der Waals surface area contributed by atoms with E-state index in [1.54, 1.807) is 0 Å². The Balaban J connectivity index is 8.76. The van der Waals surface area contributed by atoms with E-state index >= 15 is 0 Å². The average Bonchev–Trinajstić information content (AvgIpc) is 2.47. The molecule has 0 aromatic rings. The first-order chi connectivity index (χ1) is 15.1. The first-order valence-corrected chi connectivity index (χ1v) is 18.0. The smallest absolute Gasteiger partial charge is 0.201 e. The van der Waals surface area contributed by atoms with Crippen LogP contribution in [0.5, 0.6) is 0 Å². The Hall–Kier alpha value is -0.823. The molecule has 0 aromatic carbocycles. The molecule has 36 heavy (non-hydrogen) atoms. The average molecular weight is 676 g/mol. The molecule has 0 aliphatic rings. The van der Waals surface area contributed by atoms with Gasteiger partial charge < -0.3 is 0 Å². The van der Waals surface area contributed by atoms with Crippen LogP contribution in [0, 0.1) is 5.25 Å². The Bertz CT molecular complexity index is 1210. The highest BCUT2D eigenvalue weighted by Crippen LogP contribution is 2.53. The molecule has 0 saturated heterocycles. The molecule has 0 atom stereocenters. The summed E-state index contributed by atoms with van der Waals surface area (Å²) in [6.45, 7) is 1.71. The molecule has 10 nitrogen and oxygen atoms in total. The number of rotatable bonds is 4. The second-order valence-electron chi connectivity index (χ2n) is 6.81. The SMILES string of the molecule is C[Si](C)(C)C#P(N(S(=O)(=O)C(F)(F)F)S(=O)(=O)C(F)(F)F)N(S(=O)(=O)C(F)(F)F)S(=O)(=O)C(F)(F)F. The Morgan fingerprint density at radius 1 is 0.500 bits per heavy atom. The second kappa shape index (κ2) is 9.43. The van der Waals surface area contributed by atoms with Crippen LogP contribution < -0.4 is 0 Å². The monoisotopic (exact) mass is 676 g/mol. The van der Waals surface area contributed by atoms with Crippen molar-refractivity contribution in [3.05, 3.63) is 0 Å². The van der Waals surface area contributed by atoms with Crippen LogP contribution in [0.2, 0.25) is 19.6 Å². The van der Waals surface area contributed by atoms with Crippen LogP contribution in [0.25, 0.3) is 0 Å². The zero-order valence-corrected chi connectivity index (χ0v) is 21.9. The minimum atomic E-state index is -8.30. The van der Waals surface area contributed by atoms with Crippen LogP contribution in [0.3, 0.4) is 0 Å². The Morgan fingerprint density at radius 3 is 0.778 bits per heavy atom. The van der Waals surface area contributed by atoms with Crippen LogP contribution >= 0.6 is 7.68 Å². The summed E-state index contributed by atoms with van der Waals surface area (Å²) in [5.41, 5.74) is -29.1. The summed E-state index contributed by atoms with van der Waals surface area (Å²) in [6.07, 6.45) is 0. The lowest BCUT2D eigenvalue weighted by molar-refractivity contribution is -0.0506. The van der Waals surface area contributed by atoms with Gasteiger partial charge in [-0.05, 0) is 6.96 Å². The third-order valence-corrected chi connectivity index (χ3v) is 17.6. The fraction of sp³-hybridized carbons (Fsp3) is 0.875. The Labute approximate surface area is 196 Å². The lowest BCUT2D eigenvalue weighted by Crippen LogP contribution is -2.51. The molecular weight excluding hydrogens is 667 g/mol. The van der Waals surface area contributed by atoms with Gasteiger partial charge in [0.1, 0.15) is 8.07 Å². The molecule has 0 heterocycles. The third-order valence-electron chi connectivity index (χ3n) is 2.74. The van der Waals surface area contributed by atoms with Gasteiger partial charge in [0.05, 0.1) is 7.68 Å². The second-order valence-corrected chi connectivity index (χ2v) is 22.2. The first kappa shape index (κ1) is 35.2. The highest BCUT2D eigenvalue weighted by molar-refractivity contribution is 8.15. The van der Waals surface area contributed by atoms with Crippen molar-refractivity contribution in [3.8, 4) is 5.25 Å². The number of halogens is 12. The number of nitrogens with zero attached hydrogens (tertiary/aromatic N) is 2. The maximum absolute atomic E-state index is 13.1. The van der Waals surface area contributed by atoms with Crippen molar-refractivity contribution >= 4 is 55.8 Å². The predicted molar refractivity (Wildman–Crippen MR) is 97.7 cm³/mol. The summed E-state index contributed by atoms with van der Waals surface area (Å²) in [5, 5.41) is 0.908. The van der Waals surface area contributed by atoms with Crippen molar-refractivity contribution in [1.82, 2.24) is 6.96 Å². The summed E-state index contributed by atoms with van der Waals surface area (Å²) in [5.74, 6) is 0. The van der Waals surface area contributed by atoms with E-state index < -0.39 is 84.8 Å². The zero-order chi connectivity index (χ0) is 29.9. The fourth-order valence-corrected chi connectivity index (χ4v) is 15.7. The van der Waals surface area contributed by atoms with Gasteiger partial charge in [-0.2, -0.15) is 52.7 Å². The highest BCUT2D eigenvalue weighted by atomic mass is 32.3. The van der Waals surface area contributed by atoms with E-state index in [2.05, 4.69) is 0 Å². The van der Waals surface area contributed by atoms with Gasteiger partial charge in [0.15, 0.2) is 0 Å². The Kier molecular flexibility index (Phi) is 9.21. The van der Waals surface area contributed by atoms with Gasteiger partial charge in [0, 0.05) is 0 Å². The first-order valence-electron chi connectivity index (χ1n) is 7.52. The molecule has 0 aliphatic carbocycles. The van der Waals surface area contributed by atoms with Gasteiger partial charge in [-0.15, -0.1) is 5.25 Å². The van der Waals surface area contributed by atoms with Gasteiger partial charge in [0.25, 0.3) is 0 Å². The van der Waals surface area contributed by atoms with E-state index in [1.165, 1.54) is 0 Å². The summed E-state index contributed by atoms with van der Waals surface area (Å²) >= 11 is 0. The minimum absolute atomic E-state index is 0.569. The van der Waals surface area contributed by atoms with Gasteiger partial charge in [-0.3, -0.25) is 0 Å². The molecule has 0 aromatic heterocycles. The predicted octanol–water partition coefficient (Wildman–Crippen LogP) is 3.14. The van der Waals surface area contributed by atoms with Crippen LogP contribution in [-0.2, 0) is 40.1 Å². The molecule has 0 rings (SSSR count). The van der Waals surface area contributed by atoms with Crippen LogP contribution in [0.15, 0.2) is 0 Å². The number of alkyl halides is 12. The van der Waals surface area contributed by atoms with E-state index in [0.717, 1.165) is 5.25 Å². The maximum atomic E-state index is 13.1. The van der Waals surface area contributed by atoms with Crippen LogP contribution in [0.1, 0.15) is 0 Å². The van der Waals surface area contributed by atoms with Gasteiger partial charge in [0.2, 0.25) is 0 Å². The molecule has 0 amide bonds. The molecule has 0 unspecified atom stereocenters. The summed E-state index contributed by atoms with van der Waals surface area (Å²) < 4.78 is 245. The number of hydrogen-bond donors (Lipinski definition) is 0. The summed E-state index contributed by atoms with van der Waals surface area (Å²) in [7, 11) is -43.6. The molecule has 28 heteroatoms. The van der Waals surface area contributed by atoms with Crippen LogP contribution in [-0.4, -0.2) is 70.7 Å². The van der Waals surface area contributed by atoms with Crippen molar-refractivity contribution in [2.45, 2.75) is 41.7 Å². The quantitative estimate of drug-likeness (QED) is 0.251. The van der Waals surface area contributed by atoms with E-state index in [-0.39, 0.29) is 0 Å². The lowest BCUT2D eigenvalue weighted by atomic mass is 11.6. The van der Waals surface area contributed by atoms with E-state index in [9.17, 15) is 86.4 Å². The minimum Gasteiger partial charge on any atom is -0.201 e. The molecule has 216 valence electrons. The van der Waals surface area contributed by atoms with Crippen LogP contribution in [0.4, 0.5) is 52.7 Å². The van der Waals surface area contributed by atoms with Crippen molar-refractivity contribution < 1.29 is 86.4 Å². The Morgan fingerprint density at radius 2 is 0.667 bits per heavy atom. The molecule has 0 aliphatic heterocycles. The third kappa shape index (κ3) is 6.59. The largest absolute Gasteiger partial charge is 0.513 e. The molecular formula is C8H9F12N2O8PS4Si. The molecule has 0 saturated carbocycles. The van der Waals surface area contributed by atoms with Crippen molar-refractivity contribution in [2.24, 2.45) is 0 Å². The molecule has 0 radical (unpaired) electrons. The lowest BCUT2D eigenvalue weighted by Gasteiger charge is -2.31. The fourth-order valence-electron chi connectivity index (χ4n) is 1.46. The van der Waals surface area contributed by atoms with Gasteiger partial charge >= 0.3 is 62.1 Å². The van der Waals surface area contributed by atoms with Gasteiger partial charge in [-0.1, -0.05) is 19.6 Å². The summed E-state index contributed by atoms with van der Waals surface area (Å²) in [6, 6.07) is 0. The number of sulfonamides is 4. The topological polar surface area (TPSA) is 143 Å². The molecule has 0 bridgehead atoms. The van der Waals surface area contributed by atoms with E-state index in [4.69, 9.17) is 0 Å². The normalized spacial score (nSPS) is 15.8. The van der Waals surface area contributed by atoms with Crippen molar-refractivity contribution in [3.63, 3.8) is 0 Å². The molecule has 0 fully saturated rings. The molecule has 0 spiro atoms. The highest BCUT2D eigenvalue weighted by Gasteiger charge is 2.69. The van der Waals surface area contributed by atoms with E-state index in [0.29, 0.717) is 19.6 Å². The number of hydrogen-bond acceptors (Lipinski definition) is 8.